The van der Waals surface area contributed by atoms with Crippen molar-refractivity contribution < 1.29 is 9.53 Å². The number of ether oxygens (including phenoxy) is 1. The fourth-order valence-electron chi connectivity index (χ4n) is 2.56. The highest BCUT2D eigenvalue weighted by Gasteiger charge is 2.23. The van der Waals surface area contributed by atoms with Crippen LogP contribution in [0.1, 0.15) is 23.7 Å². The van der Waals surface area contributed by atoms with Crippen LogP contribution in [0.3, 0.4) is 0 Å². The Hall–Kier alpha value is -2.56. The van der Waals surface area contributed by atoms with Gasteiger partial charge in [0.2, 0.25) is 0 Å². The molecule has 0 fully saturated rings. The molecule has 2 aromatic rings. The zero-order valence-electron chi connectivity index (χ0n) is 11.6. The van der Waals surface area contributed by atoms with Gasteiger partial charge in [0, 0.05) is 11.9 Å². The van der Waals surface area contributed by atoms with Gasteiger partial charge in [-0.15, -0.1) is 0 Å². The molecule has 0 saturated carbocycles. The topological polar surface area (TPSA) is 77.2 Å². The molecule has 1 heterocycles. The number of aryl methyl sites for hydroxylation is 1. The van der Waals surface area contributed by atoms with Crippen molar-refractivity contribution in [1.82, 2.24) is 4.98 Å². The molecule has 1 aliphatic carbocycles. The second-order valence-corrected chi connectivity index (χ2v) is 5.06. The first-order chi connectivity index (χ1) is 10.2. The van der Waals surface area contributed by atoms with E-state index in [2.05, 4.69) is 16.4 Å². The quantitative estimate of drug-likeness (QED) is 0.880. The van der Waals surface area contributed by atoms with E-state index in [-0.39, 0.29) is 12.6 Å². The van der Waals surface area contributed by atoms with Gasteiger partial charge < -0.3 is 15.8 Å². The zero-order valence-corrected chi connectivity index (χ0v) is 11.6. The van der Waals surface area contributed by atoms with Crippen LogP contribution in [0, 0.1) is 0 Å². The van der Waals surface area contributed by atoms with E-state index >= 15 is 0 Å². The van der Waals surface area contributed by atoms with E-state index in [1.54, 1.807) is 0 Å². The van der Waals surface area contributed by atoms with Crippen LogP contribution in [-0.2, 0) is 11.2 Å². The van der Waals surface area contributed by atoms with Gasteiger partial charge in [0.05, 0.1) is 11.7 Å². The molecule has 1 unspecified atom stereocenters. The number of amides is 1. The molecule has 1 amide bonds. The van der Waals surface area contributed by atoms with E-state index in [9.17, 15) is 4.79 Å². The van der Waals surface area contributed by atoms with Crippen molar-refractivity contribution in [2.24, 2.45) is 5.73 Å². The number of nitrogens with zero attached hydrogens (tertiary/aromatic N) is 1. The van der Waals surface area contributed by atoms with E-state index in [4.69, 9.17) is 10.5 Å². The van der Waals surface area contributed by atoms with Crippen LogP contribution in [0.15, 0.2) is 42.6 Å². The van der Waals surface area contributed by atoms with Gasteiger partial charge in [0.1, 0.15) is 5.75 Å². The Morgan fingerprint density at radius 1 is 1.33 bits per heavy atom. The Kier molecular flexibility index (Phi) is 3.73. The van der Waals surface area contributed by atoms with Crippen molar-refractivity contribution in [2.75, 3.05) is 11.9 Å². The standard InChI is InChI=1S/C16H17N3O2/c17-15(20)10-21-13-6-4-12(5-7-13)19-14-8-3-11-2-1-9-18-16(11)14/h1-2,4-7,9,14,19H,3,8,10H2,(H2,17,20). The van der Waals surface area contributed by atoms with Crippen molar-refractivity contribution in [3.8, 4) is 5.75 Å². The number of anilines is 1. The number of carbonyl (C=O) groups excluding carboxylic acids is 1. The first-order valence-electron chi connectivity index (χ1n) is 6.94. The molecule has 1 atom stereocenters. The molecule has 0 radical (unpaired) electrons. The molecule has 0 bridgehead atoms. The second-order valence-electron chi connectivity index (χ2n) is 5.06. The number of carbonyl (C=O) groups is 1. The Bertz CT molecular complexity index is 640. The molecule has 5 nitrogen and oxygen atoms in total. The third kappa shape index (κ3) is 3.13. The van der Waals surface area contributed by atoms with Crippen LogP contribution >= 0.6 is 0 Å². The average Bonchev–Trinajstić information content (AvgIpc) is 2.90. The number of hydrogen-bond donors (Lipinski definition) is 2. The molecule has 1 aromatic heterocycles. The maximum Gasteiger partial charge on any atom is 0.255 e. The summed E-state index contributed by atoms with van der Waals surface area (Å²) in [6.07, 6.45) is 3.94. The fraction of sp³-hybridized carbons (Fsp3) is 0.250. The first-order valence-corrected chi connectivity index (χ1v) is 6.94. The highest BCUT2D eigenvalue weighted by Crippen LogP contribution is 2.32. The summed E-state index contributed by atoms with van der Waals surface area (Å²) >= 11 is 0. The van der Waals surface area contributed by atoms with Crippen LogP contribution < -0.4 is 15.8 Å². The van der Waals surface area contributed by atoms with Gasteiger partial charge in [-0.05, 0) is 48.7 Å². The number of hydrogen-bond acceptors (Lipinski definition) is 4. The average molecular weight is 283 g/mol. The van der Waals surface area contributed by atoms with E-state index < -0.39 is 5.91 Å². The van der Waals surface area contributed by atoms with Gasteiger partial charge in [-0.1, -0.05) is 6.07 Å². The first kappa shape index (κ1) is 13.4. The van der Waals surface area contributed by atoms with Crippen LogP contribution in [-0.4, -0.2) is 17.5 Å². The van der Waals surface area contributed by atoms with Crippen LogP contribution in [0.25, 0.3) is 0 Å². The molecule has 5 heteroatoms. The molecular formula is C16H17N3O2. The van der Waals surface area contributed by atoms with E-state index in [0.29, 0.717) is 5.75 Å². The number of nitrogens with two attached hydrogens (primary N) is 1. The number of aromatic nitrogens is 1. The highest BCUT2D eigenvalue weighted by atomic mass is 16.5. The molecule has 0 spiro atoms. The summed E-state index contributed by atoms with van der Waals surface area (Å²) in [7, 11) is 0. The van der Waals surface area contributed by atoms with Gasteiger partial charge in [0.25, 0.3) is 5.91 Å². The summed E-state index contributed by atoms with van der Waals surface area (Å²) in [5, 5.41) is 3.48. The number of benzene rings is 1. The Labute approximate surface area is 123 Å². The monoisotopic (exact) mass is 283 g/mol. The molecule has 1 aliphatic rings. The summed E-state index contributed by atoms with van der Waals surface area (Å²) in [5.41, 5.74) is 8.49. The van der Waals surface area contributed by atoms with E-state index in [1.165, 1.54) is 5.56 Å². The Morgan fingerprint density at radius 3 is 2.90 bits per heavy atom. The second kappa shape index (κ2) is 5.83. The number of nitrogens with one attached hydrogen (secondary N) is 1. The number of rotatable bonds is 5. The number of primary amides is 1. The largest absolute Gasteiger partial charge is 0.484 e. The SMILES string of the molecule is NC(=O)COc1ccc(NC2CCc3cccnc32)cc1. The molecule has 0 aliphatic heterocycles. The Balaban J connectivity index is 1.65. The molecule has 1 aromatic carbocycles. The molecule has 3 N–H and O–H groups in total. The third-order valence-corrected chi connectivity index (χ3v) is 3.53. The smallest absolute Gasteiger partial charge is 0.255 e. The fourth-order valence-corrected chi connectivity index (χ4v) is 2.56. The maximum atomic E-state index is 10.7. The molecule has 21 heavy (non-hydrogen) atoms. The Morgan fingerprint density at radius 2 is 2.14 bits per heavy atom. The highest BCUT2D eigenvalue weighted by molar-refractivity contribution is 5.75. The van der Waals surface area contributed by atoms with Gasteiger partial charge in [-0.25, -0.2) is 0 Å². The van der Waals surface area contributed by atoms with E-state index in [0.717, 1.165) is 24.2 Å². The minimum atomic E-state index is -0.481. The number of pyridine rings is 1. The van der Waals surface area contributed by atoms with Crippen molar-refractivity contribution in [2.45, 2.75) is 18.9 Å². The summed E-state index contributed by atoms with van der Waals surface area (Å²) in [6.45, 7) is -0.104. The maximum absolute atomic E-state index is 10.7. The van der Waals surface area contributed by atoms with Crippen LogP contribution in [0.4, 0.5) is 5.69 Å². The summed E-state index contributed by atoms with van der Waals surface area (Å²) in [6, 6.07) is 11.9. The lowest BCUT2D eigenvalue weighted by Crippen LogP contribution is -2.20. The predicted octanol–water partition coefficient (Wildman–Crippen LogP) is 2.05. The summed E-state index contributed by atoms with van der Waals surface area (Å²) < 4.78 is 5.23. The molecular weight excluding hydrogens is 266 g/mol. The molecule has 108 valence electrons. The third-order valence-electron chi connectivity index (χ3n) is 3.53. The van der Waals surface area contributed by atoms with Crippen molar-refractivity contribution in [1.29, 1.82) is 0 Å². The van der Waals surface area contributed by atoms with Crippen LogP contribution in [0.5, 0.6) is 5.75 Å². The van der Waals surface area contributed by atoms with Crippen molar-refractivity contribution >= 4 is 11.6 Å². The molecule has 0 saturated heterocycles. The lowest BCUT2D eigenvalue weighted by molar-refractivity contribution is -0.119. The lowest BCUT2D eigenvalue weighted by Gasteiger charge is -2.15. The molecule has 3 rings (SSSR count). The van der Waals surface area contributed by atoms with Gasteiger partial charge in [0.15, 0.2) is 6.61 Å². The lowest BCUT2D eigenvalue weighted by atomic mass is 10.2. The normalized spacial score (nSPS) is 16.3. The van der Waals surface area contributed by atoms with Crippen LogP contribution in [0.2, 0.25) is 0 Å². The minimum absolute atomic E-state index is 0.104. The van der Waals surface area contributed by atoms with Gasteiger partial charge >= 0.3 is 0 Å². The van der Waals surface area contributed by atoms with Crippen molar-refractivity contribution in [3.05, 3.63) is 53.9 Å². The number of fused-ring (bicyclic) bond motifs is 1. The van der Waals surface area contributed by atoms with Gasteiger partial charge in [-0.3, -0.25) is 9.78 Å². The predicted molar refractivity (Wildman–Crippen MR) is 80.1 cm³/mol. The zero-order chi connectivity index (χ0) is 14.7. The summed E-state index contributed by atoms with van der Waals surface area (Å²) in [4.78, 5) is 15.1. The minimum Gasteiger partial charge on any atom is -0.484 e. The summed E-state index contributed by atoms with van der Waals surface area (Å²) in [5.74, 6) is 0.148. The van der Waals surface area contributed by atoms with E-state index in [1.807, 2.05) is 36.5 Å². The van der Waals surface area contributed by atoms with Crippen molar-refractivity contribution in [3.63, 3.8) is 0 Å². The van der Waals surface area contributed by atoms with Gasteiger partial charge in [-0.2, -0.15) is 0 Å².